The van der Waals surface area contributed by atoms with Crippen molar-refractivity contribution < 1.29 is 23.5 Å². The first kappa shape index (κ1) is 23.9. The van der Waals surface area contributed by atoms with E-state index in [0.717, 1.165) is 0 Å². The van der Waals surface area contributed by atoms with Gasteiger partial charge in [-0.2, -0.15) is 0 Å². The van der Waals surface area contributed by atoms with Gasteiger partial charge in [-0.05, 0) is 58.3 Å². The molecule has 0 heterocycles. The molecule has 0 aliphatic heterocycles. The van der Waals surface area contributed by atoms with Crippen LogP contribution in [-0.2, 0) is 23.5 Å². The third kappa shape index (κ3) is 8.67. The van der Waals surface area contributed by atoms with E-state index in [0.29, 0.717) is 6.42 Å². The molecule has 146 valence electrons. The highest BCUT2D eigenvalue weighted by atomic mass is 28.4. The summed E-state index contributed by atoms with van der Waals surface area (Å²) in [5, 5.41) is 0.0403. The average molecular weight is 373 g/mol. The predicted molar refractivity (Wildman–Crippen MR) is 103 cm³/mol. The van der Waals surface area contributed by atoms with Crippen LogP contribution in [0.2, 0.25) is 18.1 Å². The molecule has 25 heavy (non-hydrogen) atoms. The van der Waals surface area contributed by atoms with E-state index in [4.69, 9.17) is 13.9 Å². The first-order valence-electron chi connectivity index (χ1n) is 8.79. The fourth-order valence-electron chi connectivity index (χ4n) is 1.65. The first-order chi connectivity index (χ1) is 11.1. The van der Waals surface area contributed by atoms with Crippen LogP contribution < -0.4 is 0 Å². The molecule has 0 aromatic rings. The zero-order valence-electron chi connectivity index (χ0n) is 17.6. The molecule has 2 atom stereocenters. The van der Waals surface area contributed by atoms with Crippen molar-refractivity contribution in [1.82, 2.24) is 0 Å². The monoisotopic (exact) mass is 372 g/mol. The largest absolute Gasteiger partial charge is 0.460 e. The highest BCUT2D eigenvalue weighted by Crippen LogP contribution is 2.38. The predicted octanol–water partition coefficient (Wildman–Crippen LogP) is 4.82. The number of esters is 2. The van der Waals surface area contributed by atoms with Crippen LogP contribution in [-0.4, -0.2) is 32.5 Å². The lowest BCUT2D eigenvalue weighted by Crippen LogP contribution is -2.47. The van der Waals surface area contributed by atoms with Crippen molar-refractivity contribution >= 4 is 20.3 Å². The van der Waals surface area contributed by atoms with Gasteiger partial charge in [0.1, 0.15) is 6.10 Å². The van der Waals surface area contributed by atoms with Gasteiger partial charge in [0, 0.05) is 6.92 Å². The molecule has 0 rings (SSSR count). The van der Waals surface area contributed by atoms with Gasteiger partial charge < -0.3 is 13.9 Å². The van der Waals surface area contributed by atoms with Gasteiger partial charge in [-0.1, -0.05) is 20.8 Å². The van der Waals surface area contributed by atoms with Gasteiger partial charge in [-0.3, -0.25) is 9.59 Å². The van der Waals surface area contributed by atoms with Crippen LogP contribution in [0.25, 0.3) is 0 Å². The Hall–Kier alpha value is -1.14. The number of ether oxygens (including phenoxy) is 2. The number of hydrogen-bond donors (Lipinski definition) is 0. The zero-order chi connectivity index (χ0) is 20.1. The van der Waals surface area contributed by atoms with Gasteiger partial charge in [0.25, 0.3) is 0 Å². The fourth-order valence-corrected chi connectivity index (χ4v) is 3.04. The van der Waals surface area contributed by atoms with Crippen molar-refractivity contribution in [3.8, 4) is 0 Å². The fraction of sp³-hybridized carbons (Fsp3) is 0.789. The van der Waals surface area contributed by atoms with Crippen LogP contribution in [0.4, 0.5) is 0 Å². The van der Waals surface area contributed by atoms with E-state index in [2.05, 4.69) is 33.9 Å². The molecule has 0 fully saturated rings. The van der Waals surface area contributed by atoms with Gasteiger partial charge in [0.15, 0.2) is 8.32 Å². The summed E-state index contributed by atoms with van der Waals surface area (Å²) in [6, 6.07) is 0. The van der Waals surface area contributed by atoms with Crippen molar-refractivity contribution in [3.63, 3.8) is 0 Å². The molecule has 6 heteroatoms. The number of carbonyl (C=O) groups is 2. The smallest absolute Gasteiger partial charge is 0.311 e. The molecule has 0 bridgehead atoms. The summed E-state index contributed by atoms with van der Waals surface area (Å²) in [5.74, 6) is -0.627. The Morgan fingerprint density at radius 3 is 2.00 bits per heavy atom. The topological polar surface area (TPSA) is 61.8 Å². The average Bonchev–Trinajstić information content (AvgIpc) is 2.39. The highest BCUT2D eigenvalue weighted by molar-refractivity contribution is 6.74. The van der Waals surface area contributed by atoms with Crippen LogP contribution in [0.5, 0.6) is 0 Å². The minimum Gasteiger partial charge on any atom is -0.460 e. The van der Waals surface area contributed by atoms with Gasteiger partial charge >= 0.3 is 11.9 Å². The summed E-state index contributed by atoms with van der Waals surface area (Å²) < 4.78 is 16.9. The summed E-state index contributed by atoms with van der Waals surface area (Å²) in [5.41, 5.74) is -0.566. The van der Waals surface area contributed by atoms with E-state index in [1.165, 1.54) is 13.2 Å². The van der Waals surface area contributed by atoms with Crippen LogP contribution in [0.1, 0.15) is 61.8 Å². The molecule has 5 nitrogen and oxygen atoms in total. The molecule has 0 saturated heterocycles. The van der Waals surface area contributed by atoms with Crippen LogP contribution in [0.3, 0.4) is 0 Å². The molecule has 0 spiro atoms. The molecule has 0 amide bonds. The summed E-state index contributed by atoms with van der Waals surface area (Å²) in [6.07, 6.45) is 2.91. The SMILES string of the molecule is CC(=O)O/C=C/C[C@@H](O[Si](C)(C)C(C)(C)C)C(C)OC(=O)C(C)(C)C. The number of carbonyl (C=O) groups excluding carboxylic acids is 2. The maximum atomic E-state index is 12.2. The highest BCUT2D eigenvalue weighted by Gasteiger charge is 2.41. The Balaban J connectivity index is 5.21. The van der Waals surface area contributed by atoms with Crippen molar-refractivity contribution in [1.29, 1.82) is 0 Å². The minimum atomic E-state index is -2.04. The maximum Gasteiger partial charge on any atom is 0.311 e. The van der Waals surface area contributed by atoms with Crippen LogP contribution >= 0.6 is 0 Å². The van der Waals surface area contributed by atoms with Crippen molar-refractivity contribution in [2.45, 2.75) is 92.2 Å². The Labute approximate surface area is 154 Å². The molecule has 0 radical (unpaired) electrons. The Kier molecular flexibility index (Phi) is 8.58. The maximum absolute atomic E-state index is 12.2. The lowest BCUT2D eigenvalue weighted by Gasteiger charge is -2.40. The second-order valence-corrected chi connectivity index (χ2v) is 13.8. The number of rotatable bonds is 7. The lowest BCUT2D eigenvalue weighted by atomic mass is 9.97. The summed E-state index contributed by atoms with van der Waals surface area (Å²) >= 11 is 0. The quantitative estimate of drug-likeness (QED) is 0.364. The van der Waals surface area contributed by atoms with Gasteiger partial charge in [0.05, 0.1) is 17.8 Å². The third-order valence-electron chi connectivity index (χ3n) is 4.38. The molecule has 0 aliphatic carbocycles. The lowest BCUT2D eigenvalue weighted by molar-refractivity contribution is -0.162. The van der Waals surface area contributed by atoms with Crippen molar-refractivity contribution in [2.75, 3.05) is 0 Å². The summed E-state index contributed by atoms with van der Waals surface area (Å²) in [7, 11) is -2.04. The Morgan fingerprint density at radius 1 is 1.08 bits per heavy atom. The molecular weight excluding hydrogens is 336 g/mol. The van der Waals surface area contributed by atoms with Gasteiger partial charge in [-0.25, -0.2) is 0 Å². The molecule has 0 aromatic heterocycles. The normalized spacial score (nSPS) is 15.8. The van der Waals surface area contributed by atoms with Crippen molar-refractivity contribution in [2.24, 2.45) is 5.41 Å². The molecule has 0 N–H and O–H groups in total. The Bertz CT molecular complexity index is 483. The van der Waals surface area contributed by atoms with E-state index >= 15 is 0 Å². The van der Waals surface area contributed by atoms with E-state index < -0.39 is 19.8 Å². The molecule has 0 saturated carbocycles. The minimum absolute atomic E-state index is 0.0403. The summed E-state index contributed by atoms with van der Waals surface area (Å²) in [6.45, 7) is 19.5. The number of hydrogen-bond acceptors (Lipinski definition) is 5. The van der Waals surface area contributed by atoms with Crippen molar-refractivity contribution in [3.05, 3.63) is 12.3 Å². The second-order valence-electron chi connectivity index (χ2n) is 8.99. The van der Waals surface area contributed by atoms with Crippen LogP contribution in [0, 0.1) is 5.41 Å². The standard InChI is InChI=1S/C19H36O5Si/c1-14(23-17(21)18(3,4)5)16(12-11-13-22-15(2)20)24-25(9,10)19(6,7)8/h11,13-14,16H,12H2,1-10H3/b13-11+/t14?,16-/m1/s1. The summed E-state index contributed by atoms with van der Waals surface area (Å²) in [4.78, 5) is 23.1. The Morgan fingerprint density at radius 2 is 1.60 bits per heavy atom. The molecule has 1 unspecified atom stereocenters. The second kappa shape index (κ2) is 8.99. The molecule has 0 aromatic carbocycles. The van der Waals surface area contributed by atoms with Gasteiger partial charge in [-0.15, -0.1) is 0 Å². The van der Waals surface area contributed by atoms with E-state index in [1.54, 1.807) is 6.08 Å². The zero-order valence-corrected chi connectivity index (χ0v) is 18.6. The van der Waals surface area contributed by atoms with Gasteiger partial charge in [0.2, 0.25) is 0 Å². The molecular formula is C19H36O5Si. The van der Waals surface area contributed by atoms with E-state index in [9.17, 15) is 9.59 Å². The van der Waals surface area contributed by atoms with E-state index in [-0.39, 0.29) is 23.1 Å². The molecule has 0 aliphatic rings. The first-order valence-corrected chi connectivity index (χ1v) is 11.7. The third-order valence-corrected chi connectivity index (χ3v) is 8.88. The van der Waals surface area contributed by atoms with Crippen LogP contribution in [0.15, 0.2) is 12.3 Å². The van der Waals surface area contributed by atoms with E-state index in [1.807, 2.05) is 27.7 Å².